The molecule has 1 radical (unpaired) electrons. The van der Waals surface area contributed by atoms with E-state index in [1.165, 1.54) is 6.07 Å². The molecule has 1 aromatic carbocycles. The van der Waals surface area contributed by atoms with Crippen LogP contribution in [0.25, 0.3) is 0 Å². The Morgan fingerprint density at radius 3 is 2.77 bits per heavy atom. The van der Waals surface area contributed by atoms with Gasteiger partial charge in [0, 0.05) is 0 Å². The van der Waals surface area contributed by atoms with E-state index in [4.69, 9.17) is 0 Å². The Hall–Kier alpha value is -1.12. The summed E-state index contributed by atoms with van der Waals surface area (Å²) >= 11 is 0. The van der Waals surface area contributed by atoms with Gasteiger partial charge in [0.15, 0.2) is 0 Å². The van der Waals surface area contributed by atoms with Crippen molar-refractivity contribution in [2.24, 2.45) is 0 Å². The molecule has 1 aromatic rings. The molecule has 0 aromatic heterocycles. The fraction of sp³-hybridized carbons (Fsp3) is 0.400. The predicted molar refractivity (Wildman–Crippen MR) is 43.9 cm³/mol. The second kappa shape index (κ2) is 3.32. The van der Waals surface area contributed by atoms with Gasteiger partial charge in [0.25, 0.3) is 0 Å². The smallest absolute Gasteiger partial charge is 0.387 e. The molecule has 13 heavy (non-hydrogen) atoms. The maximum atomic E-state index is 11.8. The maximum absolute atomic E-state index is 11.8. The Balaban J connectivity index is 2.12. The van der Waals surface area contributed by atoms with Crippen LogP contribution < -0.4 is 4.74 Å². The molecule has 3 heteroatoms. The fourth-order valence-corrected chi connectivity index (χ4v) is 1.29. The summed E-state index contributed by atoms with van der Waals surface area (Å²) in [5.74, 6) is 0.747. The highest BCUT2D eigenvalue weighted by Gasteiger charge is 2.23. The number of rotatable bonds is 3. The van der Waals surface area contributed by atoms with Gasteiger partial charge in [-0.2, -0.15) is 8.78 Å². The molecule has 0 bridgehead atoms. The summed E-state index contributed by atoms with van der Waals surface area (Å²) in [5.41, 5.74) is 1.05. The van der Waals surface area contributed by atoms with E-state index in [0.717, 1.165) is 18.4 Å². The third-order valence-corrected chi connectivity index (χ3v) is 2.06. The summed E-state index contributed by atoms with van der Waals surface area (Å²) in [6.45, 7) is -2.75. The van der Waals surface area contributed by atoms with Crippen molar-refractivity contribution < 1.29 is 13.5 Å². The van der Waals surface area contributed by atoms with Crippen LogP contribution in [0.2, 0.25) is 0 Å². The third kappa shape index (κ3) is 2.17. The molecule has 0 spiro atoms. The third-order valence-electron chi connectivity index (χ3n) is 2.06. The first kappa shape index (κ1) is 8.48. The number of hydrogen-bond acceptors (Lipinski definition) is 1. The number of halogens is 2. The van der Waals surface area contributed by atoms with E-state index >= 15 is 0 Å². The highest BCUT2D eigenvalue weighted by atomic mass is 19.3. The van der Waals surface area contributed by atoms with E-state index in [1.807, 2.05) is 6.07 Å². The monoisotopic (exact) mass is 183 g/mol. The van der Waals surface area contributed by atoms with Crippen molar-refractivity contribution in [3.63, 3.8) is 0 Å². The first-order chi connectivity index (χ1) is 6.25. The molecule has 0 unspecified atom stereocenters. The van der Waals surface area contributed by atoms with Crippen LogP contribution in [0.3, 0.4) is 0 Å². The topological polar surface area (TPSA) is 9.23 Å². The van der Waals surface area contributed by atoms with Crippen LogP contribution in [0.4, 0.5) is 8.78 Å². The van der Waals surface area contributed by atoms with Gasteiger partial charge in [0.2, 0.25) is 0 Å². The Kier molecular flexibility index (Phi) is 2.17. The standard InChI is InChI=1S/C10H9F2O/c11-10(12)13-9-3-1-2-8(6-9)7-4-5-7/h2-3,6-7,10H,4-5H2. The lowest BCUT2D eigenvalue weighted by Gasteiger charge is -2.05. The average molecular weight is 183 g/mol. The molecule has 1 saturated carbocycles. The summed E-state index contributed by atoms with van der Waals surface area (Å²) in [6.07, 6.45) is 2.29. The van der Waals surface area contributed by atoms with Crippen LogP contribution in [0, 0.1) is 6.07 Å². The van der Waals surface area contributed by atoms with E-state index in [1.54, 1.807) is 6.07 Å². The van der Waals surface area contributed by atoms with Crippen LogP contribution >= 0.6 is 0 Å². The molecule has 0 heterocycles. The molecule has 69 valence electrons. The van der Waals surface area contributed by atoms with Crippen molar-refractivity contribution in [3.8, 4) is 5.75 Å². The van der Waals surface area contributed by atoms with Gasteiger partial charge in [-0.1, -0.05) is 6.07 Å². The summed E-state index contributed by atoms with van der Waals surface area (Å²) < 4.78 is 27.9. The van der Waals surface area contributed by atoms with E-state index in [2.05, 4.69) is 10.8 Å². The molecule has 1 fully saturated rings. The molecule has 0 aliphatic heterocycles. The van der Waals surface area contributed by atoms with Crippen molar-refractivity contribution in [1.82, 2.24) is 0 Å². The zero-order chi connectivity index (χ0) is 9.26. The lowest BCUT2D eigenvalue weighted by Crippen LogP contribution is -2.01. The normalized spacial score (nSPS) is 16.2. The molecular weight excluding hydrogens is 174 g/mol. The van der Waals surface area contributed by atoms with Crippen LogP contribution in [-0.2, 0) is 0 Å². The summed E-state index contributed by atoms with van der Waals surface area (Å²) in [6, 6.07) is 7.72. The quantitative estimate of drug-likeness (QED) is 0.700. The number of benzene rings is 1. The van der Waals surface area contributed by atoms with Crippen molar-refractivity contribution in [1.29, 1.82) is 0 Å². The zero-order valence-corrected chi connectivity index (χ0v) is 6.97. The van der Waals surface area contributed by atoms with Crippen LogP contribution in [0.1, 0.15) is 24.3 Å². The number of ether oxygens (including phenoxy) is 1. The van der Waals surface area contributed by atoms with Crippen molar-refractivity contribution in [2.45, 2.75) is 25.4 Å². The minimum absolute atomic E-state index is 0.208. The van der Waals surface area contributed by atoms with Gasteiger partial charge >= 0.3 is 6.61 Å². The highest BCUT2D eigenvalue weighted by Crippen LogP contribution is 2.40. The molecular formula is C10H9F2O. The molecule has 0 N–H and O–H groups in total. The van der Waals surface area contributed by atoms with Gasteiger partial charge in [0.05, 0.1) is 0 Å². The SMILES string of the molecule is FC(F)Oc1c[c]cc(C2CC2)c1. The van der Waals surface area contributed by atoms with Crippen molar-refractivity contribution in [2.75, 3.05) is 0 Å². The lowest BCUT2D eigenvalue weighted by atomic mass is 10.1. The predicted octanol–water partition coefficient (Wildman–Crippen LogP) is 2.97. The minimum atomic E-state index is -2.75. The summed E-state index contributed by atoms with van der Waals surface area (Å²) in [4.78, 5) is 0. The summed E-state index contributed by atoms with van der Waals surface area (Å²) in [7, 11) is 0. The Labute approximate surface area is 75.3 Å². The summed E-state index contributed by atoms with van der Waals surface area (Å²) in [5, 5.41) is 0. The Bertz CT molecular complexity index is 295. The molecule has 1 aliphatic rings. The molecule has 0 atom stereocenters. The molecule has 1 aliphatic carbocycles. The largest absolute Gasteiger partial charge is 0.435 e. The van der Waals surface area contributed by atoms with E-state index in [9.17, 15) is 8.78 Å². The molecule has 0 amide bonds. The molecule has 0 saturated heterocycles. The Morgan fingerprint density at radius 2 is 2.15 bits per heavy atom. The average Bonchev–Trinajstić information content (AvgIpc) is 2.85. The lowest BCUT2D eigenvalue weighted by molar-refractivity contribution is -0.0498. The first-order valence-corrected chi connectivity index (χ1v) is 4.21. The van der Waals surface area contributed by atoms with E-state index in [0.29, 0.717) is 5.92 Å². The van der Waals surface area contributed by atoms with E-state index < -0.39 is 6.61 Å². The number of alkyl halides is 2. The zero-order valence-electron chi connectivity index (χ0n) is 6.97. The highest BCUT2D eigenvalue weighted by molar-refractivity contribution is 5.32. The van der Waals surface area contributed by atoms with Gasteiger partial charge in [-0.15, -0.1) is 0 Å². The molecule has 1 nitrogen and oxygen atoms in total. The minimum Gasteiger partial charge on any atom is -0.435 e. The van der Waals surface area contributed by atoms with Gasteiger partial charge in [-0.3, -0.25) is 0 Å². The van der Waals surface area contributed by atoms with Crippen LogP contribution in [0.5, 0.6) is 5.75 Å². The van der Waals surface area contributed by atoms with Gasteiger partial charge < -0.3 is 4.74 Å². The van der Waals surface area contributed by atoms with Gasteiger partial charge in [0.1, 0.15) is 5.75 Å². The van der Waals surface area contributed by atoms with Crippen molar-refractivity contribution >= 4 is 0 Å². The van der Waals surface area contributed by atoms with Gasteiger partial charge in [-0.05, 0) is 42.5 Å². The Morgan fingerprint density at radius 1 is 1.38 bits per heavy atom. The number of hydrogen-bond donors (Lipinski definition) is 0. The van der Waals surface area contributed by atoms with Crippen LogP contribution in [-0.4, -0.2) is 6.61 Å². The fourth-order valence-electron chi connectivity index (χ4n) is 1.29. The van der Waals surface area contributed by atoms with Crippen molar-refractivity contribution in [3.05, 3.63) is 29.8 Å². The second-order valence-electron chi connectivity index (χ2n) is 3.15. The van der Waals surface area contributed by atoms with Gasteiger partial charge in [-0.25, -0.2) is 0 Å². The molecule has 2 rings (SSSR count). The van der Waals surface area contributed by atoms with Crippen LogP contribution in [0.15, 0.2) is 18.2 Å². The second-order valence-corrected chi connectivity index (χ2v) is 3.15. The first-order valence-electron chi connectivity index (χ1n) is 4.21. The maximum Gasteiger partial charge on any atom is 0.387 e. The van der Waals surface area contributed by atoms with E-state index in [-0.39, 0.29) is 5.75 Å².